The highest BCUT2D eigenvalue weighted by Crippen LogP contribution is 2.54. The number of fused-ring (bicyclic) bond motifs is 1. The quantitative estimate of drug-likeness (QED) is 0.797. The number of hydrogen-bond acceptors (Lipinski definition) is 1. The molecule has 0 saturated heterocycles. The van der Waals surface area contributed by atoms with E-state index >= 15 is 0 Å². The fourth-order valence-corrected chi connectivity index (χ4v) is 4.47. The lowest BCUT2D eigenvalue weighted by Gasteiger charge is -2.28. The Bertz CT molecular complexity index is 297. The molecule has 0 bridgehead atoms. The highest BCUT2D eigenvalue weighted by Gasteiger charge is 2.47. The largest absolute Gasteiger partial charge is 0.356 e. The van der Waals surface area contributed by atoms with Gasteiger partial charge >= 0.3 is 0 Å². The number of amides is 1. The molecule has 17 heavy (non-hydrogen) atoms. The van der Waals surface area contributed by atoms with E-state index in [1.165, 1.54) is 44.9 Å². The van der Waals surface area contributed by atoms with Gasteiger partial charge in [-0.3, -0.25) is 4.79 Å². The van der Waals surface area contributed by atoms with Gasteiger partial charge in [0.25, 0.3) is 0 Å². The van der Waals surface area contributed by atoms with E-state index in [0.717, 1.165) is 18.4 Å². The van der Waals surface area contributed by atoms with Crippen molar-refractivity contribution in [2.45, 2.75) is 49.8 Å². The van der Waals surface area contributed by atoms with Gasteiger partial charge in [-0.2, -0.15) is 0 Å². The summed E-state index contributed by atoms with van der Waals surface area (Å²) in [7, 11) is 0. The van der Waals surface area contributed by atoms with Gasteiger partial charge in [-0.05, 0) is 49.9 Å². The third-order valence-electron chi connectivity index (χ3n) is 4.97. The Morgan fingerprint density at radius 2 is 1.82 bits per heavy atom. The van der Waals surface area contributed by atoms with E-state index in [1.54, 1.807) is 0 Å². The zero-order chi connectivity index (χ0) is 11.8. The molecule has 4 atom stereocenters. The fraction of sp³-hybridized carbons (Fsp3) is 0.929. The molecular formula is C14H22BrNO. The molecule has 3 aliphatic carbocycles. The fourth-order valence-electron chi connectivity index (χ4n) is 3.70. The van der Waals surface area contributed by atoms with Crippen LogP contribution in [0.2, 0.25) is 0 Å². The number of alkyl halides is 1. The number of carbonyl (C=O) groups excluding carboxylic acids is 1. The SMILES string of the molecule is O=C(NCC1CCCCC1Br)C1CC2CC2C1. The molecule has 0 aliphatic heterocycles. The molecule has 3 heteroatoms. The molecule has 1 amide bonds. The van der Waals surface area contributed by atoms with Crippen LogP contribution in [0.15, 0.2) is 0 Å². The van der Waals surface area contributed by atoms with Crippen LogP contribution < -0.4 is 5.32 Å². The highest BCUT2D eigenvalue weighted by molar-refractivity contribution is 9.09. The highest BCUT2D eigenvalue weighted by atomic mass is 79.9. The van der Waals surface area contributed by atoms with Crippen molar-refractivity contribution >= 4 is 21.8 Å². The number of hydrogen-bond donors (Lipinski definition) is 1. The van der Waals surface area contributed by atoms with Crippen molar-refractivity contribution in [2.24, 2.45) is 23.7 Å². The lowest BCUT2D eigenvalue weighted by atomic mass is 9.89. The normalized spacial score (nSPS) is 44.2. The van der Waals surface area contributed by atoms with E-state index < -0.39 is 0 Å². The predicted molar refractivity (Wildman–Crippen MR) is 72.0 cm³/mol. The molecule has 3 aliphatic rings. The van der Waals surface area contributed by atoms with Gasteiger partial charge in [0.15, 0.2) is 0 Å². The topological polar surface area (TPSA) is 29.1 Å². The van der Waals surface area contributed by atoms with Gasteiger partial charge in [-0.15, -0.1) is 0 Å². The summed E-state index contributed by atoms with van der Waals surface area (Å²) in [5.74, 6) is 3.15. The van der Waals surface area contributed by atoms with Crippen molar-refractivity contribution in [2.75, 3.05) is 6.54 Å². The van der Waals surface area contributed by atoms with E-state index in [0.29, 0.717) is 22.6 Å². The summed E-state index contributed by atoms with van der Waals surface area (Å²) in [6.07, 6.45) is 8.94. The summed E-state index contributed by atoms with van der Waals surface area (Å²) in [6.45, 7) is 0.889. The molecule has 0 aromatic heterocycles. The van der Waals surface area contributed by atoms with Crippen molar-refractivity contribution in [1.29, 1.82) is 0 Å². The van der Waals surface area contributed by atoms with Gasteiger partial charge in [0.2, 0.25) is 5.91 Å². The molecule has 0 aromatic carbocycles. The smallest absolute Gasteiger partial charge is 0.223 e. The second kappa shape index (κ2) is 4.91. The number of carbonyl (C=O) groups is 1. The van der Waals surface area contributed by atoms with E-state index in [-0.39, 0.29) is 0 Å². The Morgan fingerprint density at radius 1 is 1.12 bits per heavy atom. The van der Waals surface area contributed by atoms with Crippen LogP contribution in [0.1, 0.15) is 44.9 Å². The maximum Gasteiger partial charge on any atom is 0.223 e. The third kappa shape index (κ3) is 2.69. The van der Waals surface area contributed by atoms with Crippen LogP contribution in [0, 0.1) is 23.7 Å². The van der Waals surface area contributed by atoms with E-state index in [9.17, 15) is 4.79 Å². The summed E-state index contributed by atoms with van der Waals surface area (Å²) in [5, 5.41) is 3.20. The molecule has 0 spiro atoms. The monoisotopic (exact) mass is 299 g/mol. The van der Waals surface area contributed by atoms with Crippen molar-refractivity contribution in [3.8, 4) is 0 Å². The minimum absolute atomic E-state index is 0.336. The summed E-state index contributed by atoms with van der Waals surface area (Å²) in [5.41, 5.74) is 0. The number of halogens is 1. The first-order valence-electron chi connectivity index (χ1n) is 7.16. The summed E-state index contributed by atoms with van der Waals surface area (Å²) < 4.78 is 0. The minimum atomic E-state index is 0.336. The van der Waals surface area contributed by atoms with Gasteiger partial charge in [0.05, 0.1) is 0 Å². The predicted octanol–water partition coefficient (Wildman–Crippen LogP) is 3.10. The molecule has 0 aromatic rings. The summed E-state index contributed by atoms with van der Waals surface area (Å²) >= 11 is 3.75. The molecule has 1 N–H and O–H groups in total. The molecule has 96 valence electrons. The van der Waals surface area contributed by atoms with Crippen LogP contribution in [0.4, 0.5) is 0 Å². The zero-order valence-corrected chi connectivity index (χ0v) is 11.9. The summed E-state index contributed by atoms with van der Waals surface area (Å²) in [6, 6.07) is 0. The molecule has 2 nitrogen and oxygen atoms in total. The third-order valence-corrected chi connectivity index (χ3v) is 6.17. The van der Waals surface area contributed by atoms with Crippen LogP contribution in [-0.4, -0.2) is 17.3 Å². The lowest BCUT2D eigenvalue weighted by Crippen LogP contribution is -2.37. The van der Waals surface area contributed by atoms with E-state index in [4.69, 9.17) is 0 Å². The minimum Gasteiger partial charge on any atom is -0.356 e. The van der Waals surface area contributed by atoms with Crippen molar-refractivity contribution in [3.05, 3.63) is 0 Å². The second-order valence-electron chi connectivity index (χ2n) is 6.23. The average Bonchev–Trinajstić information content (AvgIpc) is 2.95. The lowest BCUT2D eigenvalue weighted by molar-refractivity contribution is -0.125. The average molecular weight is 300 g/mol. The Hall–Kier alpha value is -0.0500. The zero-order valence-electron chi connectivity index (χ0n) is 10.3. The second-order valence-corrected chi connectivity index (χ2v) is 7.41. The Morgan fingerprint density at radius 3 is 2.53 bits per heavy atom. The summed E-state index contributed by atoms with van der Waals surface area (Å²) in [4.78, 5) is 12.7. The van der Waals surface area contributed by atoms with Gasteiger partial charge < -0.3 is 5.32 Å². The van der Waals surface area contributed by atoms with E-state index in [2.05, 4.69) is 21.2 Å². The number of rotatable bonds is 3. The van der Waals surface area contributed by atoms with Crippen LogP contribution in [0.3, 0.4) is 0 Å². The van der Waals surface area contributed by atoms with Crippen LogP contribution in [0.25, 0.3) is 0 Å². The molecule has 0 heterocycles. The van der Waals surface area contributed by atoms with Crippen molar-refractivity contribution in [3.63, 3.8) is 0 Å². The van der Waals surface area contributed by atoms with E-state index in [1.807, 2.05) is 0 Å². The van der Waals surface area contributed by atoms with Gasteiger partial charge in [-0.25, -0.2) is 0 Å². The maximum absolute atomic E-state index is 12.0. The van der Waals surface area contributed by atoms with Gasteiger partial charge in [0.1, 0.15) is 0 Å². The van der Waals surface area contributed by atoms with Gasteiger partial charge in [-0.1, -0.05) is 28.8 Å². The first-order chi connectivity index (χ1) is 8.24. The number of nitrogens with one attached hydrogen (secondary N) is 1. The molecule has 3 fully saturated rings. The van der Waals surface area contributed by atoms with Crippen molar-refractivity contribution < 1.29 is 4.79 Å². The molecule has 0 radical (unpaired) electrons. The molecule has 4 unspecified atom stereocenters. The van der Waals surface area contributed by atoms with Crippen LogP contribution >= 0.6 is 15.9 Å². The molecular weight excluding hydrogens is 278 g/mol. The van der Waals surface area contributed by atoms with Crippen LogP contribution in [-0.2, 0) is 4.79 Å². The first-order valence-corrected chi connectivity index (χ1v) is 8.07. The molecule has 3 rings (SSSR count). The van der Waals surface area contributed by atoms with Crippen LogP contribution in [0.5, 0.6) is 0 Å². The standard InChI is InChI=1S/C14H22BrNO/c15-13-4-2-1-3-9(13)8-16-14(17)12-6-10-5-11(10)7-12/h9-13H,1-8H2,(H,16,17). The first kappa shape index (κ1) is 12.0. The van der Waals surface area contributed by atoms with Crippen molar-refractivity contribution in [1.82, 2.24) is 5.32 Å². The Labute approximate surface area is 112 Å². The Kier molecular flexibility index (Phi) is 3.47. The Balaban J connectivity index is 1.42. The van der Waals surface area contributed by atoms with Gasteiger partial charge in [0, 0.05) is 17.3 Å². The maximum atomic E-state index is 12.0. The molecule has 3 saturated carbocycles.